The fourth-order valence-corrected chi connectivity index (χ4v) is 7.87. The monoisotopic (exact) mass is 489 g/mol. The van der Waals surface area contributed by atoms with Gasteiger partial charge in [0.1, 0.15) is 0 Å². The van der Waals surface area contributed by atoms with Crippen molar-refractivity contribution in [3.63, 3.8) is 0 Å². The first-order valence-electron chi connectivity index (χ1n) is 13.2. The first kappa shape index (κ1) is 23.4. The molecule has 6 rings (SSSR count). The number of benzene rings is 3. The van der Waals surface area contributed by atoms with E-state index in [1.807, 2.05) is 17.5 Å². The van der Waals surface area contributed by atoms with Gasteiger partial charge in [0.05, 0.1) is 10.4 Å². The van der Waals surface area contributed by atoms with Crippen molar-refractivity contribution in [2.24, 2.45) is 5.92 Å². The molecule has 0 bridgehead atoms. The number of fused-ring (bicyclic) bond motifs is 6. The first-order chi connectivity index (χ1) is 17.1. The van der Waals surface area contributed by atoms with Crippen LogP contribution in [0.2, 0.25) is 0 Å². The predicted molar refractivity (Wildman–Crippen MR) is 157 cm³/mol. The van der Waals surface area contributed by atoms with Crippen LogP contribution >= 0.6 is 11.3 Å². The van der Waals surface area contributed by atoms with Crippen LogP contribution in [0.15, 0.2) is 66.9 Å². The maximum atomic E-state index is 4.99. The summed E-state index contributed by atoms with van der Waals surface area (Å²) in [6, 6.07) is 22.7. The number of nitrogens with zero attached hydrogens (tertiary/aromatic N) is 1. The summed E-state index contributed by atoms with van der Waals surface area (Å²) in [7, 11) is 0. The van der Waals surface area contributed by atoms with Gasteiger partial charge in [-0.2, -0.15) is 0 Å². The zero-order chi connectivity index (χ0) is 25.4. The first-order valence-corrected chi connectivity index (χ1v) is 14.0. The Morgan fingerprint density at radius 2 is 1.67 bits per heavy atom. The summed E-state index contributed by atoms with van der Waals surface area (Å²) in [5.74, 6) is 0.642. The smallest absolute Gasteiger partial charge is 0.0880 e. The van der Waals surface area contributed by atoms with Gasteiger partial charge in [0.2, 0.25) is 0 Å². The molecular weight excluding hydrogens is 454 g/mol. The maximum absolute atomic E-state index is 4.99. The molecule has 0 atom stereocenters. The Morgan fingerprint density at radius 1 is 0.889 bits per heavy atom. The summed E-state index contributed by atoms with van der Waals surface area (Å²) in [5.41, 5.74) is 9.67. The van der Waals surface area contributed by atoms with Crippen LogP contribution in [0.5, 0.6) is 0 Å². The number of thiophene rings is 1. The molecule has 1 aliphatic rings. The second kappa shape index (κ2) is 8.02. The lowest BCUT2D eigenvalue weighted by molar-refractivity contribution is 0.596. The topological polar surface area (TPSA) is 12.9 Å². The quantitative estimate of drug-likeness (QED) is 0.246. The zero-order valence-corrected chi connectivity index (χ0v) is 23.3. The molecule has 0 unspecified atom stereocenters. The third-order valence-electron chi connectivity index (χ3n) is 7.82. The second-order valence-electron chi connectivity index (χ2n) is 12.4. The maximum Gasteiger partial charge on any atom is 0.0880 e. The fourth-order valence-electron chi connectivity index (χ4n) is 6.37. The Hall–Kier alpha value is -2.97. The van der Waals surface area contributed by atoms with E-state index in [0.717, 1.165) is 12.1 Å². The number of hydrogen-bond acceptors (Lipinski definition) is 2. The van der Waals surface area contributed by atoms with Gasteiger partial charge in [-0.25, -0.2) is 0 Å². The molecular formula is C34H35NS. The van der Waals surface area contributed by atoms with Crippen molar-refractivity contribution in [2.75, 3.05) is 0 Å². The molecule has 2 aromatic heterocycles. The van der Waals surface area contributed by atoms with Crippen LogP contribution in [-0.4, -0.2) is 4.98 Å². The van der Waals surface area contributed by atoms with E-state index in [4.69, 9.17) is 4.98 Å². The van der Waals surface area contributed by atoms with Gasteiger partial charge < -0.3 is 0 Å². The van der Waals surface area contributed by atoms with Gasteiger partial charge in [0, 0.05) is 27.4 Å². The molecule has 5 aromatic rings. The van der Waals surface area contributed by atoms with E-state index in [9.17, 15) is 0 Å². The van der Waals surface area contributed by atoms with E-state index >= 15 is 0 Å². The summed E-state index contributed by atoms with van der Waals surface area (Å²) < 4.78 is 1.31. The summed E-state index contributed by atoms with van der Waals surface area (Å²) >= 11 is 1.94. The Bertz CT molecular complexity index is 1640. The van der Waals surface area contributed by atoms with Gasteiger partial charge in [0.15, 0.2) is 0 Å². The van der Waals surface area contributed by atoms with E-state index in [2.05, 4.69) is 109 Å². The average Bonchev–Trinajstić information content (AvgIpc) is 3.32. The molecule has 3 aromatic carbocycles. The van der Waals surface area contributed by atoms with Gasteiger partial charge in [0.25, 0.3) is 0 Å². The molecule has 2 heteroatoms. The molecule has 0 saturated heterocycles. The largest absolute Gasteiger partial charge is 0.255 e. The SMILES string of the molecule is CC(C)Cc1cccc2c1C(C)(C)c1c-2sc2c(-c3cc(C(C)(C)C)c4ccccc4c3)nccc12. The van der Waals surface area contributed by atoms with E-state index < -0.39 is 0 Å². The van der Waals surface area contributed by atoms with Crippen LogP contribution in [0.25, 0.3) is 42.6 Å². The molecule has 2 heterocycles. The second-order valence-corrected chi connectivity index (χ2v) is 13.4. The molecule has 0 saturated carbocycles. The van der Waals surface area contributed by atoms with Crippen LogP contribution in [0, 0.1) is 5.92 Å². The van der Waals surface area contributed by atoms with Crippen LogP contribution in [0.4, 0.5) is 0 Å². The van der Waals surface area contributed by atoms with Crippen LogP contribution in [-0.2, 0) is 17.3 Å². The third kappa shape index (κ3) is 3.45. The molecule has 0 radical (unpaired) electrons. The summed E-state index contributed by atoms with van der Waals surface area (Å²) in [4.78, 5) is 6.42. The van der Waals surface area contributed by atoms with Gasteiger partial charge in [-0.05, 0) is 74.5 Å². The third-order valence-corrected chi connectivity index (χ3v) is 9.07. The summed E-state index contributed by atoms with van der Waals surface area (Å²) in [6.45, 7) is 16.4. The van der Waals surface area contributed by atoms with Crippen molar-refractivity contribution in [2.45, 2.75) is 65.7 Å². The molecule has 0 spiro atoms. The highest BCUT2D eigenvalue weighted by molar-refractivity contribution is 7.23. The lowest BCUT2D eigenvalue weighted by Gasteiger charge is -2.25. The van der Waals surface area contributed by atoms with Crippen molar-refractivity contribution in [3.8, 4) is 21.7 Å². The van der Waals surface area contributed by atoms with Crippen LogP contribution < -0.4 is 0 Å². The standard InChI is InChI=1S/C34H35NS/c1-20(2)17-22-12-10-14-25-28(22)34(6,7)29-26-15-16-35-30(32(26)36-31(25)29)23-18-21-11-8-9-13-24(21)27(19-23)33(3,4)5/h8-16,18-20H,17H2,1-7H3. The molecule has 0 N–H and O–H groups in total. The normalized spacial score (nSPS) is 14.6. The van der Waals surface area contributed by atoms with Gasteiger partial charge in [-0.3, -0.25) is 4.98 Å². The van der Waals surface area contributed by atoms with E-state index in [-0.39, 0.29) is 10.8 Å². The van der Waals surface area contributed by atoms with Crippen LogP contribution in [0.1, 0.15) is 70.7 Å². The minimum Gasteiger partial charge on any atom is -0.255 e. The molecule has 0 aliphatic heterocycles. The molecule has 0 amide bonds. The van der Waals surface area contributed by atoms with Crippen LogP contribution in [0.3, 0.4) is 0 Å². The van der Waals surface area contributed by atoms with E-state index in [1.54, 1.807) is 0 Å². The minimum atomic E-state index is -0.0209. The highest BCUT2D eigenvalue weighted by Gasteiger charge is 2.40. The van der Waals surface area contributed by atoms with Gasteiger partial charge in [-0.15, -0.1) is 11.3 Å². The van der Waals surface area contributed by atoms with Crippen molar-refractivity contribution < 1.29 is 0 Å². The fraction of sp³-hybridized carbons (Fsp3) is 0.324. The molecule has 1 nitrogen and oxygen atoms in total. The highest BCUT2D eigenvalue weighted by Crippen LogP contribution is 2.57. The Morgan fingerprint density at radius 3 is 2.42 bits per heavy atom. The number of hydrogen-bond donors (Lipinski definition) is 0. The molecule has 182 valence electrons. The Labute approximate surface area is 219 Å². The van der Waals surface area contributed by atoms with Crippen molar-refractivity contribution >= 4 is 32.2 Å². The van der Waals surface area contributed by atoms with E-state index in [1.165, 1.54) is 59.1 Å². The van der Waals surface area contributed by atoms with Crippen molar-refractivity contribution in [1.82, 2.24) is 4.98 Å². The molecule has 36 heavy (non-hydrogen) atoms. The molecule has 0 fully saturated rings. The minimum absolute atomic E-state index is 0.0209. The highest BCUT2D eigenvalue weighted by atomic mass is 32.1. The van der Waals surface area contributed by atoms with Gasteiger partial charge >= 0.3 is 0 Å². The number of aromatic nitrogens is 1. The van der Waals surface area contributed by atoms with Crippen molar-refractivity contribution in [1.29, 1.82) is 0 Å². The summed E-state index contributed by atoms with van der Waals surface area (Å²) in [5, 5.41) is 3.98. The van der Waals surface area contributed by atoms with Crippen molar-refractivity contribution in [3.05, 3.63) is 89.1 Å². The number of pyridine rings is 1. The lowest BCUT2D eigenvalue weighted by Crippen LogP contribution is -2.18. The lowest BCUT2D eigenvalue weighted by atomic mass is 9.78. The summed E-state index contributed by atoms with van der Waals surface area (Å²) in [6.07, 6.45) is 3.14. The zero-order valence-electron chi connectivity index (χ0n) is 22.5. The predicted octanol–water partition coefficient (Wildman–Crippen LogP) is 9.92. The molecule has 1 aliphatic carbocycles. The Balaban J connectivity index is 1.62. The number of rotatable bonds is 3. The van der Waals surface area contributed by atoms with E-state index in [0.29, 0.717) is 5.92 Å². The average molecular weight is 490 g/mol. The Kier molecular flexibility index (Phi) is 5.22. The van der Waals surface area contributed by atoms with Gasteiger partial charge in [-0.1, -0.05) is 90.9 Å².